The first kappa shape index (κ1) is 12.2. The number of aryl methyl sites for hydroxylation is 1. The molecule has 0 aliphatic rings. The summed E-state index contributed by atoms with van der Waals surface area (Å²) in [5, 5.41) is 9.93. The highest BCUT2D eigenvalue weighted by Gasteiger charge is 2.03. The molecule has 2 rings (SSSR count). The summed E-state index contributed by atoms with van der Waals surface area (Å²) in [6.07, 6.45) is 1.71. The van der Waals surface area contributed by atoms with Gasteiger partial charge in [0.2, 0.25) is 5.91 Å². The molecular formula is C13H16N4O. The molecule has 0 bridgehead atoms. The Balaban J connectivity index is 1.75. The highest BCUT2D eigenvalue weighted by Crippen LogP contribution is 2.03. The first-order chi connectivity index (χ1) is 8.75. The molecule has 1 heterocycles. The minimum absolute atomic E-state index is 0.0416. The number of aromatic nitrogens is 2. The van der Waals surface area contributed by atoms with Crippen LogP contribution in [0.4, 0.5) is 5.69 Å². The topological polar surface area (TPSA) is 59.0 Å². The predicted molar refractivity (Wildman–Crippen MR) is 70.0 cm³/mol. The molecule has 1 aromatic heterocycles. The second-order valence-electron chi connectivity index (χ2n) is 3.94. The van der Waals surface area contributed by atoms with Crippen LogP contribution in [0.2, 0.25) is 0 Å². The van der Waals surface area contributed by atoms with Crippen molar-refractivity contribution in [2.45, 2.75) is 6.54 Å². The molecule has 0 unspecified atom stereocenters. The molecular weight excluding hydrogens is 228 g/mol. The molecule has 2 aromatic rings. The Hall–Kier alpha value is -2.30. The largest absolute Gasteiger partial charge is 0.376 e. The summed E-state index contributed by atoms with van der Waals surface area (Å²) >= 11 is 0. The predicted octanol–water partition coefficient (Wildman–Crippen LogP) is 1.15. The molecule has 0 radical (unpaired) electrons. The first-order valence-corrected chi connectivity index (χ1v) is 5.78. The van der Waals surface area contributed by atoms with E-state index < -0.39 is 0 Å². The summed E-state index contributed by atoms with van der Waals surface area (Å²) in [6.45, 7) is 0.758. The summed E-state index contributed by atoms with van der Waals surface area (Å²) in [5.41, 5.74) is 1.91. The Morgan fingerprint density at radius 2 is 2.06 bits per heavy atom. The highest BCUT2D eigenvalue weighted by atomic mass is 16.1. The third-order valence-corrected chi connectivity index (χ3v) is 2.62. The molecule has 0 saturated carbocycles. The number of nitrogens with zero attached hydrogens (tertiary/aromatic N) is 2. The molecule has 1 amide bonds. The maximum atomic E-state index is 11.6. The second kappa shape index (κ2) is 5.86. The van der Waals surface area contributed by atoms with E-state index in [1.807, 2.05) is 43.4 Å². The van der Waals surface area contributed by atoms with E-state index in [9.17, 15) is 4.79 Å². The summed E-state index contributed by atoms with van der Waals surface area (Å²) in [4.78, 5) is 11.6. The van der Waals surface area contributed by atoms with Crippen LogP contribution < -0.4 is 10.6 Å². The Kier molecular flexibility index (Phi) is 3.96. The molecule has 0 fully saturated rings. The number of hydrogen-bond donors (Lipinski definition) is 2. The van der Waals surface area contributed by atoms with Crippen LogP contribution in [0.5, 0.6) is 0 Å². The zero-order valence-electron chi connectivity index (χ0n) is 10.3. The van der Waals surface area contributed by atoms with Crippen molar-refractivity contribution in [3.63, 3.8) is 0 Å². The molecule has 0 aliphatic carbocycles. The van der Waals surface area contributed by atoms with Crippen LogP contribution >= 0.6 is 0 Å². The van der Waals surface area contributed by atoms with Crippen molar-refractivity contribution in [2.24, 2.45) is 7.05 Å². The molecule has 5 nitrogen and oxygen atoms in total. The second-order valence-corrected chi connectivity index (χ2v) is 3.94. The van der Waals surface area contributed by atoms with Crippen LogP contribution in [0.25, 0.3) is 0 Å². The number of carbonyl (C=O) groups excluding carboxylic acids is 1. The smallest absolute Gasteiger partial charge is 0.239 e. The highest BCUT2D eigenvalue weighted by molar-refractivity contribution is 5.80. The van der Waals surface area contributed by atoms with Crippen LogP contribution in [0.15, 0.2) is 42.6 Å². The average molecular weight is 244 g/mol. The SMILES string of the molecule is Cn1nccc1CNC(=O)CNc1ccccc1. The zero-order valence-corrected chi connectivity index (χ0v) is 10.3. The van der Waals surface area contributed by atoms with Crippen molar-refractivity contribution in [3.8, 4) is 0 Å². The standard InChI is InChI=1S/C13H16N4O/c1-17-12(7-8-16-17)9-15-13(18)10-14-11-5-3-2-4-6-11/h2-8,14H,9-10H2,1H3,(H,15,18). The minimum atomic E-state index is -0.0416. The number of carbonyl (C=O) groups is 1. The number of nitrogens with one attached hydrogen (secondary N) is 2. The molecule has 0 spiro atoms. The minimum Gasteiger partial charge on any atom is -0.376 e. The molecule has 0 atom stereocenters. The normalized spacial score (nSPS) is 10.1. The van der Waals surface area contributed by atoms with Crippen LogP contribution in [-0.2, 0) is 18.4 Å². The molecule has 0 saturated heterocycles. The van der Waals surface area contributed by atoms with Gasteiger partial charge in [-0.2, -0.15) is 5.10 Å². The van der Waals surface area contributed by atoms with E-state index in [1.54, 1.807) is 10.9 Å². The van der Waals surface area contributed by atoms with Gasteiger partial charge in [0.15, 0.2) is 0 Å². The van der Waals surface area contributed by atoms with Crippen LogP contribution in [0.1, 0.15) is 5.69 Å². The summed E-state index contributed by atoms with van der Waals surface area (Å²) < 4.78 is 1.74. The summed E-state index contributed by atoms with van der Waals surface area (Å²) in [7, 11) is 1.85. The van der Waals surface area contributed by atoms with Gasteiger partial charge in [0.1, 0.15) is 0 Å². The van der Waals surface area contributed by atoms with Crippen molar-refractivity contribution in [1.82, 2.24) is 15.1 Å². The Labute approximate surface area is 106 Å². The van der Waals surface area contributed by atoms with Gasteiger partial charge in [0.05, 0.1) is 18.8 Å². The lowest BCUT2D eigenvalue weighted by atomic mass is 10.3. The van der Waals surface area contributed by atoms with Crippen molar-refractivity contribution in [2.75, 3.05) is 11.9 Å². The fourth-order valence-corrected chi connectivity index (χ4v) is 1.56. The van der Waals surface area contributed by atoms with Crippen molar-refractivity contribution in [3.05, 3.63) is 48.3 Å². The zero-order chi connectivity index (χ0) is 12.8. The lowest BCUT2D eigenvalue weighted by Gasteiger charge is -2.07. The monoisotopic (exact) mass is 244 g/mol. The van der Waals surface area contributed by atoms with E-state index in [1.165, 1.54) is 0 Å². The van der Waals surface area contributed by atoms with Crippen LogP contribution in [0.3, 0.4) is 0 Å². The number of para-hydroxylation sites is 1. The van der Waals surface area contributed by atoms with Crippen molar-refractivity contribution < 1.29 is 4.79 Å². The number of amides is 1. The van der Waals surface area contributed by atoms with Crippen molar-refractivity contribution >= 4 is 11.6 Å². The fourth-order valence-electron chi connectivity index (χ4n) is 1.56. The molecule has 2 N–H and O–H groups in total. The van der Waals surface area contributed by atoms with Gasteiger partial charge in [0, 0.05) is 18.9 Å². The van der Waals surface area contributed by atoms with E-state index in [-0.39, 0.29) is 12.5 Å². The quantitative estimate of drug-likeness (QED) is 0.829. The van der Waals surface area contributed by atoms with Gasteiger partial charge in [0.25, 0.3) is 0 Å². The van der Waals surface area contributed by atoms with E-state index in [0.717, 1.165) is 11.4 Å². The van der Waals surface area contributed by atoms with Gasteiger partial charge < -0.3 is 10.6 Å². The fraction of sp³-hybridized carbons (Fsp3) is 0.231. The van der Waals surface area contributed by atoms with Gasteiger partial charge in [-0.3, -0.25) is 9.48 Å². The molecule has 18 heavy (non-hydrogen) atoms. The summed E-state index contributed by atoms with van der Waals surface area (Å²) in [6, 6.07) is 11.5. The molecule has 5 heteroatoms. The Bertz CT molecular complexity index is 507. The number of anilines is 1. The maximum absolute atomic E-state index is 11.6. The molecule has 0 aliphatic heterocycles. The Morgan fingerprint density at radius 1 is 1.28 bits per heavy atom. The van der Waals surface area contributed by atoms with E-state index in [4.69, 9.17) is 0 Å². The lowest BCUT2D eigenvalue weighted by Crippen LogP contribution is -2.30. The van der Waals surface area contributed by atoms with Gasteiger partial charge in [-0.05, 0) is 18.2 Å². The molecule has 94 valence electrons. The van der Waals surface area contributed by atoms with E-state index in [2.05, 4.69) is 15.7 Å². The van der Waals surface area contributed by atoms with Gasteiger partial charge in [-0.15, -0.1) is 0 Å². The van der Waals surface area contributed by atoms with E-state index >= 15 is 0 Å². The van der Waals surface area contributed by atoms with E-state index in [0.29, 0.717) is 6.54 Å². The molecule has 1 aromatic carbocycles. The number of rotatable bonds is 5. The third-order valence-electron chi connectivity index (χ3n) is 2.62. The number of benzene rings is 1. The third kappa shape index (κ3) is 3.35. The maximum Gasteiger partial charge on any atom is 0.239 e. The van der Waals surface area contributed by atoms with Crippen LogP contribution in [0, 0.1) is 0 Å². The lowest BCUT2D eigenvalue weighted by molar-refractivity contribution is -0.119. The summed E-state index contributed by atoms with van der Waals surface area (Å²) in [5.74, 6) is -0.0416. The van der Waals surface area contributed by atoms with Gasteiger partial charge >= 0.3 is 0 Å². The first-order valence-electron chi connectivity index (χ1n) is 5.78. The Morgan fingerprint density at radius 3 is 2.72 bits per heavy atom. The van der Waals surface area contributed by atoms with Gasteiger partial charge in [-0.25, -0.2) is 0 Å². The van der Waals surface area contributed by atoms with Crippen molar-refractivity contribution in [1.29, 1.82) is 0 Å². The average Bonchev–Trinajstić information content (AvgIpc) is 2.81. The number of hydrogen-bond acceptors (Lipinski definition) is 3. The van der Waals surface area contributed by atoms with Gasteiger partial charge in [-0.1, -0.05) is 18.2 Å². The van der Waals surface area contributed by atoms with Crippen LogP contribution in [-0.4, -0.2) is 22.2 Å².